The summed E-state index contributed by atoms with van der Waals surface area (Å²) in [6.45, 7) is 0. The molecular weight excluding hydrogens is 411 g/mol. The lowest BCUT2D eigenvalue weighted by atomic mass is 10.1. The molecule has 4 heterocycles. The van der Waals surface area contributed by atoms with Crippen molar-refractivity contribution >= 4 is 49.7 Å². The van der Waals surface area contributed by atoms with Gasteiger partial charge in [-0.15, -0.1) is 0 Å². The summed E-state index contributed by atoms with van der Waals surface area (Å²) in [5.74, 6) is 0. The molecule has 0 radical (unpaired) electrons. The number of aromatic nitrogens is 4. The number of fused-ring (bicyclic) bond motifs is 6. The number of pyridine rings is 2. The van der Waals surface area contributed by atoms with Crippen LogP contribution in [0.5, 0.6) is 0 Å². The van der Waals surface area contributed by atoms with E-state index >= 15 is 0 Å². The largest absolute Gasteiger partial charge is 0.308 e. The first kappa shape index (κ1) is 18.3. The molecule has 0 spiro atoms. The van der Waals surface area contributed by atoms with E-state index in [0.29, 0.717) is 6.42 Å². The summed E-state index contributed by atoms with van der Waals surface area (Å²) >= 11 is 0. The highest BCUT2D eigenvalue weighted by Gasteiger charge is 2.22. The van der Waals surface area contributed by atoms with Crippen LogP contribution in [-0.4, -0.2) is 25.3 Å². The molecule has 0 bridgehead atoms. The molecule has 2 aromatic carbocycles. The van der Waals surface area contributed by atoms with Crippen LogP contribution in [0.25, 0.3) is 55.4 Å². The zero-order valence-electron chi connectivity index (χ0n) is 17.7. The van der Waals surface area contributed by atoms with Gasteiger partial charge >= 0.3 is 0 Å². The number of para-hydroxylation sites is 2. The monoisotopic (exact) mass is 430 g/mol. The van der Waals surface area contributed by atoms with Crippen LogP contribution in [0.3, 0.4) is 0 Å². The molecule has 0 N–H and O–H groups in total. The van der Waals surface area contributed by atoms with Gasteiger partial charge in [-0.3, -0.25) is 9.55 Å². The summed E-state index contributed by atoms with van der Waals surface area (Å²) in [5.41, 5.74) is 7.65. The summed E-state index contributed by atoms with van der Waals surface area (Å²) in [5, 5.41) is 2.05. The molecule has 158 valence electrons. The Balaban J connectivity index is 1.66. The normalized spacial score (nSPS) is 16.3. The Kier molecular flexibility index (Phi) is 3.82. The van der Waals surface area contributed by atoms with Crippen LogP contribution in [0.2, 0.25) is 0 Å². The third-order valence-corrected chi connectivity index (χ3v) is 6.43. The van der Waals surface area contributed by atoms with Gasteiger partial charge in [0.25, 0.3) is 0 Å². The van der Waals surface area contributed by atoms with Crippen molar-refractivity contribution in [1.29, 1.82) is 0 Å². The van der Waals surface area contributed by atoms with Crippen molar-refractivity contribution in [2.75, 3.05) is 0 Å². The van der Waals surface area contributed by atoms with Gasteiger partial charge in [0.05, 0.1) is 27.6 Å². The van der Waals surface area contributed by atoms with Gasteiger partial charge in [-0.05, 0) is 42.5 Å². The second kappa shape index (κ2) is 6.87. The molecule has 1 atom stereocenters. The molecule has 5 heteroatoms. The lowest BCUT2D eigenvalue weighted by molar-refractivity contribution is 0.403. The van der Waals surface area contributed by atoms with Crippen LogP contribution >= 0.6 is 0 Å². The molecule has 0 fully saturated rings. The summed E-state index contributed by atoms with van der Waals surface area (Å²) in [7, 11) is 0. The molecule has 0 amide bonds. The third kappa shape index (κ3) is 2.62. The molecule has 4 aromatic heterocycles. The van der Waals surface area contributed by atoms with Gasteiger partial charge < -0.3 is 4.57 Å². The molecule has 1 aliphatic carbocycles. The lowest BCUT2D eigenvalue weighted by Gasteiger charge is -2.15. The minimum absolute atomic E-state index is 0.315. The fourth-order valence-corrected chi connectivity index (χ4v) is 5.04. The minimum Gasteiger partial charge on any atom is -0.308 e. The highest BCUT2D eigenvalue weighted by Crippen LogP contribution is 2.37. The third-order valence-electron chi connectivity index (χ3n) is 6.43. The number of rotatable bonds is 2. The van der Waals surface area contributed by atoms with E-state index in [1.54, 1.807) is 18.3 Å². The van der Waals surface area contributed by atoms with Crippen molar-refractivity contribution in [1.82, 2.24) is 19.1 Å². The van der Waals surface area contributed by atoms with E-state index in [0.717, 1.165) is 55.4 Å². The number of benzene rings is 2. The number of nitrogens with zero attached hydrogens (tertiary/aromatic N) is 4. The molecule has 1 aliphatic rings. The fraction of sp³-hybridized carbons (Fsp3) is 0.0714. The summed E-state index contributed by atoms with van der Waals surface area (Å²) in [4.78, 5) is 9.90. The van der Waals surface area contributed by atoms with Gasteiger partial charge in [0.2, 0.25) is 0 Å². The maximum absolute atomic E-state index is 14.3. The molecule has 4 nitrogen and oxygen atoms in total. The quantitative estimate of drug-likeness (QED) is 0.302. The second-order valence-corrected chi connectivity index (χ2v) is 8.38. The number of allylic oxidation sites excluding steroid dienone is 4. The van der Waals surface area contributed by atoms with Crippen LogP contribution in [0.4, 0.5) is 4.39 Å². The van der Waals surface area contributed by atoms with Crippen LogP contribution in [0, 0.1) is 0 Å². The molecule has 0 saturated heterocycles. The van der Waals surface area contributed by atoms with Gasteiger partial charge in [0, 0.05) is 34.8 Å². The standard InChI is InChI=1S/C28H19FN4/c29-18-8-6-11-20(16-18)33-24-14-7-15-30-26(24)22-17-25-27(31-28(22)33)21-12-4-5-13-23(21)32(25)19-9-2-1-3-10-19/h1-15,17-18H,16H2. The molecule has 1 unspecified atom stereocenters. The van der Waals surface area contributed by atoms with Crippen LogP contribution in [-0.2, 0) is 0 Å². The van der Waals surface area contributed by atoms with Crippen LogP contribution in [0.1, 0.15) is 6.42 Å². The van der Waals surface area contributed by atoms with Gasteiger partial charge in [-0.2, -0.15) is 0 Å². The SMILES string of the molecule is FC1C=CC=C(n2c3cccnc3c3cc4c(nc32)c2ccccc2n4-c2ccccc2)C1. The van der Waals surface area contributed by atoms with E-state index in [9.17, 15) is 4.39 Å². The second-order valence-electron chi connectivity index (χ2n) is 8.38. The Bertz CT molecular complexity index is 1760. The maximum atomic E-state index is 14.3. The van der Waals surface area contributed by atoms with Crippen molar-refractivity contribution < 1.29 is 4.39 Å². The zero-order chi connectivity index (χ0) is 21.9. The number of halogens is 1. The van der Waals surface area contributed by atoms with Crippen molar-refractivity contribution in [3.05, 3.63) is 97.2 Å². The fourth-order valence-electron chi connectivity index (χ4n) is 5.04. The van der Waals surface area contributed by atoms with E-state index in [2.05, 4.69) is 45.5 Å². The zero-order valence-corrected chi connectivity index (χ0v) is 17.7. The molecule has 7 rings (SSSR count). The van der Waals surface area contributed by atoms with Crippen LogP contribution < -0.4 is 0 Å². The van der Waals surface area contributed by atoms with Crippen molar-refractivity contribution in [3.63, 3.8) is 0 Å². The van der Waals surface area contributed by atoms with Gasteiger partial charge in [-0.25, -0.2) is 9.37 Å². The van der Waals surface area contributed by atoms with E-state index in [1.165, 1.54) is 0 Å². The van der Waals surface area contributed by atoms with Gasteiger partial charge in [-0.1, -0.05) is 48.6 Å². The molecular formula is C28H19FN4. The molecule has 0 aliphatic heterocycles. The van der Waals surface area contributed by atoms with Crippen molar-refractivity contribution in [2.45, 2.75) is 12.6 Å². The van der Waals surface area contributed by atoms with E-state index in [1.807, 2.05) is 42.5 Å². The Morgan fingerprint density at radius 2 is 1.61 bits per heavy atom. The summed E-state index contributed by atoms with van der Waals surface area (Å²) < 4.78 is 18.6. The average Bonchev–Trinajstić information content (AvgIpc) is 3.35. The van der Waals surface area contributed by atoms with Gasteiger partial charge in [0.1, 0.15) is 11.8 Å². The molecule has 33 heavy (non-hydrogen) atoms. The number of alkyl halides is 1. The summed E-state index contributed by atoms with van der Waals surface area (Å²) in [6.07, 6.45) is 6.47. The smallest absolute Gasteiger partial charge is 0.147 e. The number of hydrogen-bond acceptors (Lipinski definition) is 2. The van der Waals surface area contributed by atoms with E-state index in [4.69, 9.17) is 9.97 Å². The average molecular weight is 430 g/mol. The predicted octanol–water partition coefficient (Wildman–Crippen LogP) is 6.82. The lowest BCUT2D eigenvalue weighted by Crippen LogP contribution is -2.07. The Morgan fingerprint density at radius 1 is 0.788 bits per heavy atom. The predicted molar refractivity (Wildman–Crippen MR) is 132 cm³/mol. The summed E-state index contributed by atoms with van der Waals surface area (Å²) in [6, 6.07) is 24.8. The first-order chi connectivity index (χ1) is 16.3. The highest BCUT2D eigenvalue weighted by molar-refractivity contribution is 6.15. The highest BCUT2D eigenvalue weighted by atomic mass is 19.1. The first-order valence-electron chi connectivity index (χ1n) is 11.1. The molecule has 6 aromatic rings. The Hall–Kier alpha value is -4.25. The van der Waals surface area contributed by atoms with E-state index < -0.39 is 6.17 Å². The van der Waals surface area contributed by atoms with Crippen molar-refractivity contribution in [2.24, 2.45) is 0 Å². The molecule has 0 saturated carbocycles. The maximum Gasteiger partial charge on any atom is 0.147 e. The Morgan fingerprint density at radius 3 is 2.48 bits per heavy atom. The number of hydrogen-bond donors (Lipinski definition) is 0. The topological polar surface area (TPSA) is 35.6 Å². The van der Waals surface area contributed by atoms with Crippen LogP contribution in [0.15, 0.2) is 97.2 Å². The van der Waals surface area contributed by atoms with Crippen molar-refractivity contribution in [3.8, 4) is 5.69 Å². The Labute approximate surface area is 188 Å². The van der Waals surface area contributed by atoms with Gasteiger partial charge in [0.15, 0.2) is 0 Å². The van der Waals surface area contributed by atoms with E-state index in [-0.39, 0.29) is 0 Å². The minimum atomic E-state index is -1.00. The first-order valence-corrected chi connectivity index (χ1v) is 11.1.